The first-order valence-electron chi connectivity index (χ1n) is 20.2. The number of aromatic nitrogens is 1. The van der Waals surface area contributed by atoms with Crippen LogP contribution in [0.4, 0.5) is 17.1 Å². The molecule has 0 unspecified atom stereocenters. The maximum atomic E-state index is 6.76. The first-order chi connectivity index (χ1) is 29.3. The molecular weight excluding hydrogens is 717 g/mol. The Morgan fingerprint density at radius 2 is 0.949 bits per heavy atom. The molecule has 59 heavy (non-hydrogen) atoms. The second kappa shape index (κ2) is 13.4. The van der Waals surface area contributed by atoms with Gasteiger partial charge >= 0.3 is 0 Å². The van der Waals surface area contributed by atoms with E-state index >= 15 is 0 Å². The van der Waals surface area contributed by atoms with E-state index in [4.69, 9.17) is 4.42 Å². The smallest absolute Gasteiger partial charge is 0.143 e. The van der Waals surface area contributed by atoms with E-state index in [1.807, 2.05) is 6.07 Å². The van der Waals surface area contributed by atoms with E-state index in [0.717, 1.165) is 55.8 Å². The Balaban J connectivity index is 1.05. The second-order valence-electron chi connectivity index (χ2n) is 15.3. The van der Waals surface area contributed by atoms with Crippen molar-refractivity contribution < 1.29 is 4.42 Å². The van der Waals surface area contributed by atoms with Gasteiger partial charge in [-0.2, -0.15) is 0 Å². The first-order valence-corrected chi connectivity index (χ1v) is 20.2. The summed E-state index contributed by atoms with van der Waals surface area (Å²) in [6.07, 6.45) is 0. The van der Waals surface area contributed by atoms with Gasteiger partial charge < -0.3 is 13.9 Å². The van der Waals surface area contributed by atoms with Crippen molar-refractivity contribution in [2.75, 3.05) is 4.90 Å². The number of furan rings is 1. The van der Waals surface area contributed by atoms with Gasteiger partial charge in [0.1, 0.15) is 11.2 Å². The van der Waals surface area contributed by atoms with Crippen molar-refractivity contribution in [2.24, 2.45) is 0 Å². The molecule has 0 aliphatic heterocycles. The topological polar surface area (TPSA) is 21.3 Å². The number of nitrogens with zero attached hydrogens (tertiary/aromatic N) is 2. The summed E-state index contributed by atoms with van der Waals surface area (Å²) in [5.74, 6) is 0. The highest BCUT2D eigenvalue weighted by Gasteiger charge is 2.21. The van der Waals surface area contributed by atoms with Gasteiger partial charge in [-0.1, -0.05) is 146 Å². The maximum absolute atomic E-state index is 6.76. The number of anilines is 3. The normalized spacial score (nSPS) is 11.7. The molecule has 12 aromatic rings. The average Bonchev–Trinajstić information content (AvgIpc) is 3.85. The fourth-order valence-corrected chi connectivity index (χ4v) is 9.28. The van der Waals surface area contributed by atoms with Crippen LogP contribution in [0.1, 0.15) is 0 Å². The van der Waals surface area contributed by atoms with Crippen molar-refractivity contribution in [3.8, 4) is 27.9 Å². The fourth-order valence-electron chi connectivity index (χ4n) is 9.28. The number of fused-ring (bicyclic) bond motifs is 9. The summed E-state index contributed by atoms with van der Waals surface area (Å²) in [4.78, 5) is 2.36. The Morgan fingerprint density at radius 1 is 0.339 bits per heavy atom. The molecule has 2 aromatic heterocycles. The van der Waals surface area contributed by atoms with Crippen molar-refractivity contribution in [2.45, 2.75) is 0 Å². The molecule has 2 heterocycles. The van der Waals surface area contributed by atoms with Gasteiger partial charge in [-0.15, -0.1) is 0 Å². The largest absolute Gasteiger partial charge is 0.455 e. The van der Waals surface area contributed by atoms with Crippen molar-refractivity contribution in [1.29, 1.82) is 0 Å². The minimum atomic E-state index is 0.873. The third-order valence-corrected chi connectivity index (χ3v) is 11.9. The van der Waals surface area contributed by atoms with Crippen LogP contribution in [0.2, 0.25) is 0 Å². The monoisotopic (exact) mass is 752 g/mol. The highest BCUT2D eigenvalue weighted by Crippen LogP contribution is 2.45. The standard InChI is InChI=1S/C56H36N2O/c1-2-17-40(18-3-1)57(41-31-29-37(30-32-41)50-34-39-15-4-5-20-44(39)45-21-6-7-22-46(45)50)43-35-51(56-52(36-43)49-25-10-13-28-55(49)59-56)38-16-14-19-42(33-38)58-53-26-11-8-23-47(53)48-24-9-12-27-54(48)58/h1-36H. The zero-order chi connectivity index (χ0) is 38.9. The summed E-state index contributed by atoms with van der Waals surface area (Å²) < 4.78 is 9.14. The molecule has 0 spiro atoms. The van der Waals surface area contributed by atoms with Crippen LogP contribution in [0.25, 0.3) is 93.2 Å². The minimum absolute atomic E-state index is 0.873. The van der Waals surface area contributed by atoms with Crippen LogP contribution in [0.3, 0.4) is 0 Å². The lowest BCUT2D eigenvalue weighted by molar-refractivity contribution is 0.670. The lowest BCUT2D eigenvalue weighted by Gasteiger charge is -2.26. The van der Waals surface area contributed by atoms with Gasteiger partial charge in [0.15, 0.2) is 0 Å². The van der Waals surface area contributed by atoms with Crippen molar-refractivity contribution >= 4 is 82.4 Å². The summed E-state index contributed by atoms with van der Waals surface area (Å²) in [6, 6.07) is 78.7. The van der Waals surface area contributed by atoms with Gasteiger partial charge in [0, 0.05) is 49.9 Å². The van der Waals surface area contributed by atoms with Crippen LogP contribution in [0, 0.1) is 0 Å². The lowest BCUT2D eigenvalue weighted by atomic mass is 9.93. The molecular formula is C56H36N2O. The SMILES string of the molecule is c1ccc(N(c2ccc(-c3cc4ccccc4c4ccccc34)cc2)c2cc(-c3cccc(-n4c5ccccc5c5ccccc54)c3)c3oc4ccccc4c3c2)cc1. The summed E-state index contributed by atoms with van der Waals surface area (Å²) >= 11 is 0. The van der Waals surface area contributed by atoms with Gasteiger partial charge in [-0.05, 0) is 111 Å². The van der Waals surface area contributed by atoms with Gasteiger partial charge in [-0.25, -0.2) is 0 Å². The summed E-state index contributed by atoms with van der Waals surface area (Å²) in [6.45, 7) is 0. The van der Waals surface area contributed by atoms with E-state index in [0.29, 0.717) is 0 Å². The van der Waals surface area contributed by atoms with E-state index < -0.39 is 0 Å². The molecule has 3 heteroatoms. The van der Waals surface area contributed by atoms with Crippen LogP contribution in [-0.4, -0.2) is 4.57 Å². The number of hydrogen-bond donors (Lipinski definition) is 0. The molecule has 3 nitrogen and oxygen atoms in total. The third kappa shape index (κ3) is 5.36. The molecule has 0 aliphatic carbocycles. The molecule has 0 saturated carbocycles. The van der Waals surface area contributed by atoms with E-state index in [2.05, 4.69) is 222 Å². The van der Waals surface area contributed by atoms with E-state index in [9.17, 15) is 0 Å². The van der Waals surface area contributed by atoms with Crippen LogP contribution in [-0.2, 0) is 0 Å². The van der Waals surface area contributed by atoms with Gasteiger partial charge in [0.2, 0.25) is 0 Å². The van der Waals surface area contributed by atoms with Crippen LogP contribution in [0.5, 0.6) is 0 Å². The number of benzene rings is 10. The molecule has 0 amide bonds. The number of para-hydroxylation sites is 4. The summed E-state index contributed by atoms with van der Waals surface area (Å²) in [7, 11) is 0. The first kappa shape index (κ1) is 33.3. The molecule has 0 fully saturated rings. The Labute approximate surface area is 341 Å². The van der Waals surface area contributed by atoms with Crippen molar-refractivity contribution in [1.82, 2.24) is 4.57 Å². The Hall–Kier alpha value is -7.88. The minimum Gasteiger partial charge on any atom is -0.455 e. The summed E-state index contributed by atoms with van der Waals surface area (Å²) in [5, 5.41) is 9.70. The summed E-state index contributed by atoms with van der Waals surface area (Å²) in [5.41, 5.74) is 13.0. The van der Waals surface area contributed by atoms with Crippen LogP contribution >= 0.6 is 0 Å². The molecule has 0 radical (unpaired) electrons. The Bertz CT molecular complexity index is 3500. The molecule has 0 saturated heterocycles. The Kier molecular flexibility index (Phi) is 7.54. The molecule has 0 atom stereocenters. The predicted octanol–water partition coefficient (Wildman–Crippen LogP) is 15.8. The molecule has 0 aliphatic rings. The van der Waals surface area contributed by atoms with E-state index in [1.54, 1.807) is 0 Å². The highest BCUT2D eigenvalue weighted by atomic mass is 16.3. The zero-order valence-corrected chi connectivity index (χ0v) is 32.1. The molecule has 276 valence electrons. The highest BCUT2D eigenvalue weighted by molar-refractivity contribution is 6.15. The van der Waals surface area contributed by atoms with E-state index in [1.165, 1.54) is 54.5 Å². The molecule has 10 aromatic carbocycles. The zero-order valence-electron chi connectivity index (χ0n) is 32.1. The van der Waals surface area contributed by atoms with Crippen molar-refractivity contribution in [3.05, 3.63) is 218 Å². The average molecular weight is 753 g/mol. The maximum Gasteiger partial charge on any atom is 0.143 e. The van der Waals surface area contributed by atoms with Crippen LogP contribution in [0.15, 0.2) is 223 Å². The second-order valence-corrected chi connectivity index (χ2v) is 15.3. The Morgan fingerprint density at radius 3 is 1.71 bits per heavy atom. The van der Waals surface area contributed by atoms with E-state index in [-0.39, 0.29) is 0 Å². The van der Waals surface area contributed by atoms with Gasteiger partial charge in [0.05, 0.1) is 11.0 Å². The lowest BCUT2D eigenvalue weighted by Crippen LogP contribution is -2.10. The van der Waals surface area contributed by atoms with Gasteiger partial charge in [-0.3, -0.25) is 0 Å². The van der Waals surface area contributed by atoms with Crippen molar-refractivity contribution in [3.63, 3.8) is 0 Å². The molecule has 12 rings (SSSR count). The predicted molar refractivity (Wildman–Crippen MR) is 249 cm³/mol. The molecule has 0 bridgehead atoms. The number of hydrogen-bond acceptors (Lipinski definition) is 2. The molecule has 0 N–H and O–H groups in total. The third-order valence-electron chi connectivity index (χ3n) is 11.9. The van der Waals surface area contributed by atoms with Crippen LogP contribution < -0.4 is 4.90 Å². The van der Waals surface area contributed by atoms with Gasteiger partial charge in [0.25, 0.3) is 0 Å². The quantitative estimate of drug-likeness (QED) is 0.158. The number of rotatable bonds is 6. The fraction of sp³-hybridized carbons (Fsp3) is 0.